The van der Waals surface area contributed by atoms with Gasteiger partial charge in [-0.15, -0.1) is 0 Å². The first-order valence-electron chi connectivity index (χ1n) is 12.6. The van der Waals surface area contributed by atoms with Crippen molar-refractivity contribution < 1.29 is 45.4 Å². The molecule has 0 heterocycles. The number of benzene rings is 2. The molecule has 6 atom stereocenters. The third-order valence-corrected chi connectivity index (χ3v) is 43.7. The van der Waals surface area contributed by atoms with E-state index in [1.54, 1.807) is 10.4 Å². The first kappa shape index (κ1) is 26.1. The van der Waals surface area contributed by atoms with Gasteiger partial charge in [0.05, 0.1) is 0 Å². The fourth-order valence-electron chi connectivity index (χ4n) is 7.26. The Hall–Kier alpha value is -0.933. The molecule has 6 unspecified atom stereocenters. The second-order valence-electron chi connectivity index (χ2n) is 10.1. The smallest absolute Gasteiger partial charge is 1.00 e. The molecule has 4 heteroatoms. The Kier molecular flexibility index (Phi) is 9.12. The van der Waals surface area contributed by atoms with Crippen LogP contribution in [0, 0.1) is 23.7 Å². The molecule has 34 heavy (non-hydrogen) atoms. The number of hydrogen-bond acceptors (Lipinski definition) is 0. The molecule has 0 bridgehead atoms. The van der Waals surface area contributed by atoms with Crippen LogP contribution in [0.4, 0.5) is 0 Å². The quantitative estimate of drug-likeness (QED) is 0.395. The van der Waals surface area contributed by atoms with Gasteiger partial charge in [0.25, 0.3) is 0 Å². The average Bonchev–Trinajstić information content (AvgIpc) is 3.48. The van der Waals surface area contributed by atoms with Gasteiger partial charge in [0.1, 0.15) is 0 Å². The number of hydrogen-bond donors (Lipinski definition) is 0. The maximum Gasteiger partial charge on any atom is -1.00 e. The molecule has 4 aliphatic carbocycles. The van der Waals surface area contributed by atoms with Crippen LogP contribution in [0.25, 0.3) is 0 Å². The van der Waals surface area contributed by atoms with Crippen LogP contribution in [0.3, 0.4) is 0 Å². The predicted molar refractivity (Wildman–Crippen MR) is 136 cm³/mol. The minimum atomic E-state index is -2.16. The maximum absolute atomic E-state index is 2.62. The summed E-state index contributed by atoms with van der Waals surface area (Å²) in [6.45, 7) is 0. The van der Waals surface area contributed by atoms with E-state index in [0.29, 0.717) is 0 Å². The molecule has 0 amide bonds. The minimum Gasteiger partial charge on any atom is -1.00 e. The number of halogens is 2. The van der Waals surface area contributed by atoms with Crippen molar-refractivity contribution >= 4 is 16.4 Å². The van der Waals surface area contributed by atoms with Crippen molar-refractivity contribution in [1.29, 1.82) is 0 Å². The molecule has 6 rings (SSSR count). The molecule has 0 radical (unpaired) electrons. The average molecular weight is 671 g/mol. The van der Waals surface area contributed by atoms with Gasteiger partial charge >= 0.3 is 203 Å². The largest absolute Gasteiger partial charge is 1.00 e. The van der Waals surface area contributed by atoms with Crippen LogP contribution < -0.4 is 35.2 Å². The molecule has 0 N–H and O–H groups in total. The summed E-state index contributed by atoms with van der Waals surface area (Å²) in [5, 5.41) is 3.47. The molecule has 0 nitrogen and oxygen atoms in total. The molecule has 4 aliphatic rings. The Morgan fingerprint density at radius 1 is 0.529 bits per heavy atom. The summed E-state index contributed by atoms with van der Waals surface area (Å²) in [6, 6.07) is 23.7. The second-order valence-corrected chi connectivity index (χ2v) is 32.9. The van der Waals surface area contributed by atoms with E-state index < -0.39 is 26.6 Å². The standard InChI is InChI=1S/C12H11Si.2C9H11.2ClH.Hf/c1-3-7-11(8-4-1)13-12-9-5-2-6-10-12;2*1-2-5-9-7-3-6-8(9)4-1;;;/h1-10,13H;2*1-2,4-6,8-9H,3,7H2;2*1H;/q;;;;;+2/p-2. The molecular weight excluding hydrogens is 638 g/mol. The predicted octanol–water partition coefficient (Wildman–Crippen LogP) is 0.0322. The summed E-state index contributed by atoms with van der Waals surface area (Å²) < 4.78 is 2.04. The van der Waals surface area contributed by atoms with Crippen LogP contribution in [-0.2, 0) is 20.6 Å². The van der Waals surface area contributed by atoms with Crippen molar-refractivity contribution in [1.82, 2.24) is 0 Å². The van der Waals surface area contributed by atoms with Crippen LogP contribution in [0.15, 0.2) is 109 Å². The minimum absolute atomic E-state index is 0. The summed E-state index contributed by atoms with van der Waals surface area (Å²) in [4.78, 5) is 0. The van der Waals surface area contributed by atoms with Gasteiger partial charge in [0.2, 0.25) is 0 Å². The van der Waals surface area contributed by atoms with E-state index in [4.69, 9.17) is 0 Å². The second kappa shape index (κ2) is 11.9. The fourth-order valence-corrected chi connectivity index (χ4v) is 49.9. The first-order valence-corrected chi connectivity index (χ1v) is 24.7. The Bertz CT molecular complexity index is 964. The van der Waals surface area contributed by atoms with Crippen molar-refractivity contribution in [2.75, 3.05) is 0 Å². The molecule has 2 aromatic carbocycles. The number of fused-ring (bicyclic) bond motifs is 2. The van der Waals surface area contributed by atoms with Crippen molar-refractivity contribution in [3.63, 3.8) is 0 Å². The van der Waals surface area contributed by atoms with Crippen molar-refractivity contribution in [2.24, 2.45) is 23.7 Å². The fraction of sp³-hybridized carbons (Fsp3) is 0.333. The van der Waals surface area contributed by atoms with Crippen LogP contribution >= 0.6 is 0 Å². The third-order valence-electron chi connectivity index (χ3n) is 8.60. The third kappa shape index (κ3) is 4.98. The molecule has 2 saturated carbocycles. The maximum atomic E-state index is 2.62. The van der Waals surface area contributed by atoms with E-state index in [1.165, 1.54) is 25.7 Å². The molecule has 175 valence electrons. The van der Waals surface area contributed by atoms with Crippen molar-refractivity contribution in [3.05, 3.63) is 109 Å². The zero-order chi connectivity index (χ0) is 21.3. The molecule has 0 aromatic heterocycles. The van der Waals surface area contributed by atoms with Crippen LogP contribution in [-0.4, -0.2) is 5.98 Å². The Morgan fingerprint density at radius 3 is 1.38 bits per heavy atom. The molecule has 2 fully saturated rings. The van der Waals surface area contributed by atoms with Gasteiger partial charge in [-0.25, -0.2) is 0 Å². The van der Waals surface area contributed by atoms with Crippen LogP contribution in [0.1, 0.15) is 25.7 Å². The van der Waals surface area contributed by atoms with Gasteiger partial charge in [0.15, 0.2) is 0 Å². The summed E-state index contributed by atoms with van der Waals surface area (Å²) in [6.07, 6.45) is 25.5. The van der Waals surface area contributed by atoms with Crippen LogP contribution in [0.2, 0.25) is 7.35 Å². The SMILES string of the molecule is C1=CC2CC[CH]([Hf+2]([CH]3CCC4C=CC=CC43)[SiH](c3ccccc3)c3ccccc3)C2C=C1.[Cl-].[Cl-]. The van der Waals surface area contributed by atoms with Crippen molar-refractivity contribution in [3.8, 4) is 0 Å². The zero-order valence-electron chi connectivity index (χ0n) is 19.5. The Labute approximate surface area is 226 Å². The topological polar surface area (TPSA) is 0 Å². The molecule has 2 aromatic rings. The summed E-state index contributed by atoms with van der Waals surface area (Å²) in [5.74, 6) is 2.06. The zero-order valence-corrected chi connectivity index (χ0v) is 25.8. The van der Waals surface area contributed by atoms with E-state index in [0.717, 1.165) is 31.0 Å². The number of rotatable bonds is 5. The van der Waals surface area contributed by atoms with E-state index in [-0.39, 0.29) is 24.8 Å². The van der Waals surface area contributed by atoms with E-state index in [2.05, 4.69) is 109 Å². The van der Waals surface area contributed by atoms with Gasteiger partial charge in [0, 0.05) is 0 Å². The Balaban J connectivity index is 0.00000137. The van der Waals surface area contributed by atoms with E-state index in [9.17, 15) is 0 Å². The molecule has 0 aliphatic heterocycles. The summed E-state index contributed by atoms with van der Waals surface area (Å²) in [7, 11) is 0. The van der Waals surface area contributed by atoms with Gasteiger partial charge in [-0.1, -0.05) is 0 Å². The van der Waals surface area contributed by atoms with Gasteiger partial charge in [-0.05, 0) is 0 Å². The first-order chi connectivity index (χ1) is 15.9. The molecular formula is C30H33Cl2HfSi. The molecule has 0 saturated heterocycles. The van der Waals surface area contributed by atoms with Gasteiger partial charge in [-0.3, -0.25) is 0 Å². The van der Waals surface area contributed by atoms with Gasteiger partial charge in [-0.2, -0.15) is 0 Å². The number of allylic oxidation sites excluding steroid dienone is 8. The summed E-state index contributed by atoms with van der Waals surface area (Å²) >= 11 is -2.16. The normalized spacial score (nSPS) is 30.4. The van der Waals surface area contributed by atoms with Crippen molar-refractivity contribution in [2.45, 2.75) is 33.0 Å². The monoisotopic (exact) mass is 671 g/mol. The van der Waals surface area contributed by atoms with E-state index in [1.807, 2.05) is 0 Å². The van der Waals surface area contributed by atoms with Gasteiger partial charge < -0.3 is 24.8 Å². The Morgan fingerprint density at radius 2 is 0.941 bits per heavy atom. The van der Waals surface area contributed by atoms with E-state index >= 15 is 0 Å². The summed E-state index contributed by atoms with van der Waals surface area (Å²) in [5.41, 5.74) is 0. The molecule has 0 spiro atoms. The van der Waals surface area contributed by atoms with Crippen LogP contribution in [0.5, 0.6) is 0 Å².